The van der Waals surface area contributed by atoms with E-state index in [1.807, 2.05) is 19.1 Å². The molecule has 1 aromatic rings. The number of nitrogen functional groups attached to an aromatic ring is 1. The van der Waals surface area contributed by atoms with Crippen LogP contribution < -0.4 is 11.1 Å². The number of carbonyl (C=O) groups is 1. The van der Waals surface area contributed by atoms with Gasteiger partial charge in [0.1, 0.15) is 0 Å². The number of hydrogen-bond acceptors (Lipinski definition) is 2. The molecular formula is C16H24N2O. The second kappa shape index (κ2) is 6.09. The van der Waals surface area contributed by atoms with Gasteiger partial charge in [0.25, 0.3) is 5.91 Å². The number of aryl methyl sites for hydroxylation is 1. The molecular weight excluding hydrogens is 236 g/mol. The van der Waals surface area contributed by atoms with Crippen LogP contribution in [0, 0.1) is 18.8 Å². The van der Waals surface area contributed by atoms with Gasteiger partial charge in [-0.1, -0.05) is 38.3 Å². The lowest BCUT2D eigenvalue weighted by molar-refractivity contribution is 0.0937. The lowest BCUT2D eigenvalue weighted by Crippen LogP contribution is -2.33. The Hall–Kier alpha value is -1.51. The van der Waals surface area contributed by atoms with Crippen molar-refractivity contribution in [1.82, 2.24) is 5.32 Å². The summed E-state index contributed by atoms with van der Waals surface area (Å²) in [7, 11) is 0. The smallest absolute Gasteiger partial charge is 0.253 e. The highest BCUT2D eigenvalue weighted by Crippen LogP contribution is 2.29. The maximum atomic E-state index is 12.2. The summed E-state index contributed by atoms with van der Waals surface area (Å²) in [6.07, 6.45) is 5.13. The molecule has 0 heterocycles. The lowest BCUT2D eigenvalue weighted by Gasteiger charge is -2.28. The van der Waals surface area contributed by atoms with Crippen LogP contribution in [-0.4, -0.2) is 12.5 Å². The normalized spacial score (nSPS) is 23.1. The van der Waals surface area contributed by atoms with Crippen molar-refractivity contribution >= 4 is 11.6 Å². The van der Waals surface area contributed by atoms with Crippen LogP contribution >= 0.6 is 0 Å². The number of benzene rings is 1. The molecule has 0 aliphatic heterocycles. The summed E-state index contributed by atoms with van der Waals surface area (Å²) in [5, 5.41) is 3.05. The molecule has 0 saturated heterocycles. The van der Waals surface area contributed by atoms with Gasteiger partial charge in [0.15, 0.2) is 0 Å². The average Bonchev–Trinajstić information content (AvgIpc) is 2.40. The molecule has 0 aromatic heterocycles. The number of para-hydroxylation sites is 1. The number of amides is 1. The zero-order valence-electron chi connectivity index (χ0n) is 11.9. The third kappa shape index (κ3) is 3.28. The number of hydrogen-bond donors (Lipinski definition) is 2. The molecule has 1 aliphatic carbocycles. The van der Waals surface area contributed by atoms with Gasteiger partial charge in [-0.25, -0.2) is 0 Å². The van der Waals surface area contributed by atoms with Crippen molar-refractivity contribution in [2.24, 2.45) is 11.8 Å². The highest BCUT2D eigenvalue weighted by molar-refractivity contribution is 5.99. The fourth-order valence-corrected chi connectivity index (χ4v) is 2.89. The van der Waals surface area contributed by atoms with Crippen LogP contribution in [0.15, 0.2) is 18.2 Å². The van der Waals surface area contributed by atoms with E-state index in [1.165, 1.54) is 25.7 Å². The molecule has 3 N–H and O–H groups in total. The quantitative estimate of drug-likeness (QED) is 0.820. The fourth-order valence-electron chi connectivity index (χ4n) is 2.89. The fraction of sp³-hybridized carbons (Fsp3) is 0.562. The largest absolute Gasteiger partial charge is 0.398 e. The Morgan fingerprint density at radius 2 is 2.11 bits per heavy atom. The van der Waals surface area contributed by atoms with Crippen molar-refractivity contribution in [1.29, 1.82) is 0 Å². The summed E-state index contributed by atoms with van der Waals surface area (Å²) in [6, 6.07) is 5.60. The molecule has 3 nitrogen and oxygen atoms in total. The first kappa shape index (κ1) is 13.9. The highest BCUT2D eigenvalue weighted by Gasteiger charge is 2.22. The molecule has 1 amide bonds. The molecule has 1 fully saturated rings. The third-order valence-corrected chi connectivity index (χ3v) is 4.38. The Labute approximate surface area is 115 Å². The minimum atomic E-state index is -0.0426. The Kier molecular flexibility index (Phi) is 4.46. The number of carbonyl (C=O) groups excluding carboxylic acids is 1. The van der Waals surface area contributed by atoms with Gasteiger partial charge in [-0.05, 0) is 36.8 Å². The molecule has 2 unspecified atom stereocenters. The number of anilines is 1. The molecule has 1 aliphatic rings. The van der Waals surface area contributed by atoms with Gasteiger partial charge in [0, 0.05) is 12.2 Å². The maximum absolute atomic E-state index is 12.2. The van der Waals surface area contributed by atoms with E-state index in [0.29, 0.717) is 23.1 Å². The van der Waals surface area contributed by atoms with Gasteiger partial charge in [-0.15, -0.1) is 0 Å². The highest BCUT2D eigenvalue weighted by atomic mass is 16.1. The third-order valence-electron chi connectivity index (χ3n) is 4.38. The van der Waals surface area contributed by atoms with Crippen LogP contribution in [-0.2, 0) is 0 Å². The van der Waals surface area contributed by atoms with Gasteiger partial charge in [-0.3, -0.25) is 4.79 Å². The van der Waals surface area contributed by atoms with Crippen molar-refractivity contribution in [2.45, 2.75) is 39.5 Å². The predicted molar refractivity (Wildman–Crippen MR) is 79.0 cm³/mol. The molecule has 19 heavy (non-hydrogen) atoms. The average molecular weight is 260 g/mol. The van der Waals surface area contributed by atoms with Crippen LogP contribution in [0.1, 0.15) is 48.5 Å². The second-order valence-electron chi connectivity index (χ2n) is 5.77. The van der Waals surface area contributed by atoms with Crippen LogP contribution in [0.4, 0.5) is 5.69 Å². The SMILES string of the molecule is Cc1cccc(C(=O)NCC2CCCCC2C)c1N. The Balaban J connectivity index is 1.95. The van der Waals surface area contributed by atoms with Crippen LogP contribution in [0.5, 0.6) is 0 Å². The van der Waals surface area contributed by atoms with Gasteiger partial charge in [0.05, 0.1) is 5.56 Å². The van der Waals surface area contributed by atoms with Crippen molar-refractivity contribution in [3.8, 4) is 0 Å². The zero-order valence-corrected chi connectivity index (χ0v) is 11.9. The topological polar surface area (TPSA) is 55.1 Å². The molecule has 0 radical (unpaired) electrons. The number of nitrogens with one attached hydrogen (secondary N) is 1. The number of nitrogens with two attached hydrogens (primary N) is 1. The Morgan fingerprint density at radius 3 is 2.84 bits per heavy atom. The van der Waals surface area contributed by atoms with Gasteiger partial charge in [-0.2, -0.15) is 0 Å². The minimum Gasteiger partial charge on any atom is -0.398 e. The van der Waals surface area contributed by atoms with Crippen LogP contribution in [0.2, 0.25) is 0 Å². The van der Waals surface area contributed by atoms with E-state index in [-0.39, 0.29) is 5.91 Å². The first-order valence-corrected chi connectivity index (χ1v) is 7.23. The Morgan fingerprint density at radius 1 is 1.37 bits per heavy atom. The van der Waals surface area contributed by atoms with Crippen molar-refractivity contribution in [3.63, 3.8) is 0 Å². The minimum absolute atomic E-state index is 0.0426. The molecule has 2 rings (SSSR count). The van der Waals surface area contributed by atoms with Crippen LogP contribution in [0.3, 0.4) is 0 Å². The summed E-state index contributed by atoms with van der Waals surface area (Å²) < 4.78 is 0. The summed E-state index contributed by atoms with van der Waals surface area (Å²) in [6.45, 7) is 4.99. The van der Waals surface area contributed by atoms with Crippen LogP contribution in [0.25, 0.3) is 0 Å². The van der Waals surface area contributed by atoms with Gasteiger partial charge < -0.3 is 11.1 Å². The van der Waals surface area contributed by atoms with E-state index in [2.05, 4.69) is 12.2 Å². The van der Waals surface area contributed by atoms with E-state index in [0.717, 1.165) is 12.1 Å². The van der Waals surface area contributed by atoms with Crippen molar-refractivity contribution in [3.05, 3.63) is 29.3 Å². The van der Waals surface area contributed by atoms with Crippen molar-refractivity contribution in [2.75, 3.05) is 12.3 Å². The second-order valence-corrected chi connectivity index (χ2v) is 5.77. The molecule has 1 saturated carbocycles. The van der Waals surface area contributed by atoms with Gasteiger partial charge >= 0.3 is 0 Å². The lowest BCUT2D eigenvalue weighted by atomic mass is 9.80. The van der Waals surface area contributed by atoms with E-state index in [9.17, 15) is 4.79 Å². The summed E-state index contributed by atoms with van der Waals surface area (Å²) in [5.74, 6) is 1.28. The molecule has 1 aromatic carbocycles. The summed E-state index contributed by atoms with van der Waals surface area (Å²) in [5.41, 5.74) is 8.11. The Bertz CT molecular complexity index is 456. The molecule has 2 atom stereocenters. The van der Waals surface area contributed by atoms with Gasteiger partial charge in [0.2, 0.25) is 0 Å². The molecule has 104 valence electrons. The molecule has 0 spiro atoms. The van der Waals surface area contributed by atoms with Crippen molar-refractivity contribution < 1.29 is 4.79 Å². The maximum Gasteiger partial charge on any atom is 0.253 e. The van der Waals surface area contributed by atoms with E-state index in [4.69, 9.17) is 5.73 Å². The zero-order chi connectivity index (χ0) is 13.8. The molecule has 0 bridgehead atoms. The van der Waals surface area contributed by atoms with E-state index >= 15 is 0 Å². The molecule has 3 heteroatoms. The standard InChI is InChI=1S/C16H24N2O/c1-11-6-3-4-8-13(11)10-18-16(19)14-9-5-7-12(2)15(14)17/h5,7,9,11,13H,3-4,6,8,10,17H2,1-2H3,(H,18,19). The van der Waals surface area contributed by atoms with E-state index in [1.54, 1.807) is 6.07 Å². The summed E-state index contributed by atoms with van der Waals surface area (Å²) in [4.78, 5) is 12.2. The predicted octanol–water partition coefficient (Wildman–Crippen LogP) is 3.13. The summed E-state index contributed by atoms with van der Waals surface area (Å²) >= 11 is 0. The monoisotopic (exact) mass is 260 g/mol. The first-order valence-electron chi connectivity index (χ1n) is 7.23. The van der Waals surface area contributed by atoms with E-state index < -0.39 is 0 Å². The number of rotatable bonds is 3. The first-order chi connectivity index (χ1) is 9.09.